The summed E-state index contributed by atoms with van der Waals surface area (Å²) in [6, 6.07) is 2.46. The number of hydrogen-bond donors (Lipinski definition) is 2. The van der Waals surface area contributed by atoms with E-state index < -0.39 is 28.4 Å². The minimum Gasteiger partial charge on any atom is -0.325 e. The van der Waals surface area contributed by atoms with Crippen LogP contribution in [-0.4, -0.2) is 16.9 Å². The highest BCUT2D eigenvalue weighted by Crippen LogP contribution is 2.21. The number of carbonyl (C=O) groups excluding carboxylic acids is 1. The highest BCUT2D eigenvalue weighted by molar-refractivity contribution is 5.94. The van der Waals surface area contributed by atoms with Gasteiger partial charge in [0, 0.05) is 17.8 Å². The van der Waals surface area contributed by atoms with Crippen LogP contribution in [0.3, 0.4) is 0 Å². The maximum atomic E-state index is 13.4. The molecule has 19 heavy (non-hydrogen) atoms. The predicted octanol–water partition coefficient (Wildman–Crippen LogP) is 2.05. The van der Waals surface area contributed by atoms with Crippen LogP contribution in [0.5, 0.6) is 0 Å². The molecular formula is C12H16FN3O3. The van der Waals surface area contributed by atoms with Gasteiger partial charge in [-0.05, 0) is 12.0 Å². The Morgan fingerprint density at radius 1 is 1.58 bits per heavy atom. The lowest BCUT2D eigenvalue weighted by Crippen LogP contribution is -2.40. The number of amides is 1. The Morgan fingerprint density at radius 2 is 2.21 bits per heavy atom. The molecule has 3 N–H and O–H groups in total. The van der Waals surface area contributed by atoms with Crippen LogP contribution in [0, 0.1) is 21.8 Å². The van der Waals surface area contributed by atoms with Crippen LogP contribution in [0.15, 0.2) is 18.2 Å². The number of nitro groups is 1. The molecule has 1 amide bonds. The van der Waals surface area contributed by atoms with E-state index in [9.17, 15) is 19.3 Å². The molecule has 0 aromatic heterocycles. The Morgan fingerprint density at radius 3 is 2.68 bits per heavy atom. The van der Waals surface area contributed by atoms with Gasteiger partial charge in [0.05, 0.1) is 11.0 Å². The summed E-state index contributed by atoms with van der Waals surface area (Å²) in [5.74, 6) is -1.45. The van der Waals surface area contributed by atoms with Crippen molar-refractivity contribution in [2.24, 2.45) is 11.7 Å². The highest BCUT2D eigenvalue weighted by Gasteiger charge is 2.20. The first-order chi connectivity index (χ1) is 8.86. The first-order valence-corrected chi connectivity index (χ1v) is 5.87. The topological polar surface area (TPSA) is 98.3 Å². The van der Waals surface area contributed by atoms with E-state index in [1.54, 1.807) is 0 Å². The van der Waals surface area contributed by atoms with Crippen molar-refractivity contribution in [2.45, 2.75) is 26.3 Å². The maximum Gasteiger partial charge on any atom is 0.304 e. The Hall–Kier alpha value is -2.02. The zero-order valence-corrected chi connectivity index (χ0v) is 10.7. The van der Waals surface area contributed by atoms with Gasteiger partial charge >= 0.3 is 5.69 Å². The van der Waals surface area contributed by atoms with Crippen molar-refractivity contribution in [1.82, 2.24) is 0 Å². The molecule has 6 nitrogen and oxygen atoms in total. The van der Waals surface area contributed by atoms with E-state index in [2.05, 4.69) is 5.32 Å². The average Bonchev–Trinajstić information content (AvgIpc) is 2.36. The van der Waals surface area contributed by atoms with Crippen LogP contribution in [0.4, 0.5) is 15.8 Å². The molecule has 0 fully saturated rings. The maximum absolute atomic E-state index is 13.4. The van der Waals surface area contributed by atoms with Crippen LogP contribution >= 0.6 is 0 Å². The molecule has 2 atom stereocenters. The number of hydrogen-bond acceptors (Lipinski definition) is 4. The molecular weight excluding hydrogens is 253 g/mol. The van der Waals surface area contributed by atoms with Crippen molar-refractivity contribution >= 4 is 17.3 Å². The van der Waals surface area contributed by atoms with E-state index in [1.165, 1.54) is 6.07 Å². The quantitative estimate of drug-likeness (QED) is 0.631. The molecule has 0 spiro atoms. The number of anilines is 1. The van der Waals surface area contributed by atoms with Gasteiger partial charge in [-0.3, -0.25) is 14.9 Å². The van der Waals surface area contributed by atoms with Crippen LogP contribution in [0.25, 0.3) is 0 Å². The molecule has 0 heterocycles. The van der Waals surface area contributed by atoms with E-state index in [-0.39, 0.29) is 11.6 Å². The summed E-state index contributed by atoms with van der Waals surface area (Å²) in [6.07, 6.45) is 0.739. The van der Waals surface area contributed by atoms with Gasteiger partial charge in [0.25, 0.3) is 0 Å². The second-order valence-electron chi connectivity index (χ2n) is 4.32. The van der Waals surface area contributed by atoms with Gasteiger partial charge < -0.3 is 11.1 Å². The third kappa shape index (κ3) is 3.72. The third-order valence-electron chi connectivity index (χ3n) is 2.97. The first-order valence-electron chi connectivity index (χ1n) is 5.87. The fourth-order valence-electron chi connectivity index (χ4n) is 1.47. The summed E-state index contributed by atoms with van der Waals surface area (Å²) < 4.78 is 13.4. The monoisotopic (exact) mass is 269 g/mol. The number of carbonyl (C=O) groups is 1. The predicted molar refractivity (Wildman–Crippen MR) is 69.1 cm³/mol. The molecule has 1 aromatic rings. The van der Waals surface area contributed by atoms with Gasteiger partial charge in [-0.15, -0.1) is 0 Å². The molecule has 0 bridgehead atoms. The minimum absolute atomic E-state index is 0.0112. The molecule has 0 aliphatic carbocycles. The molecule has 0 aliphatic rings. The van der Waals surface area contributed by atoms with Gasteiger partial charge in [-0.25, -0.2) is 0 Å². The second-order valence-corrected chi connectivity index (χ2v) is 4.32. The average molecular weight is 269 g/mol. The van der Waals surface area contributed by atoms with Crippen LogP contribution < -0.4 is 11.1 Å². The number of benzene rings is 1. The molecule has 7 heteroatoms. The second kappa shape index (κ2) is 6.24. The molecule has 1 rings (SSSR count). The van der Waals surface area contributed by atoms with Crippen molar-refractivity contribution in [3.8, 4) is 0 Å². The van der Waals surface area contributed by atoms with Crippen molar-refractivity contribution in [1.29, 1.82) is 0 Å². The number of halogens is 1. The zero-order chi connectivity index (χ0) is 14.6. The number of nitrogens with two attached hydrogens (primary N) is 1. The molecule has 0 saturated carbocycles. The van der Waals surface area contributed by atoms with Crippen LogP contribution in [-0.2, 0) is 4.79 Å². The molecule has 2 unspecified atom stereocenters. The van der Waals surface area contributed by atoms with Gasteiger partial charge in [0.1, 0.15) is 0 Å². The fraction of sp³-hybridized carbons (Fsp3) is 0.417. The van der Waals surface area contributed by atoms with Gasteiger partial charge in [-0.2, -0.15) is 4.39 Å². The first kappa shape index (κ1) is 15.0. The molecule has 104 valence electrons. The third-order valence-corrected chi connectivity index (χ3v) is 2.97. The van der Waals surface area contributed by atoms with Crippen molar-refractivity contribution in [3.05, 3.63) is 34.1 Å². The Kier molecular flexibility index (Phi) is 4.94. The number of nitrogens with one attached hydrogen (secondary N) is 1. The smallest absolute Gasteiger partial charge is 0.304 e. The van der Waals surface area contributed by atoms with Crippen LogP contribution in [0.2, 0.25) is 0 Å². The lowest BCUT2D eigenvalue weighted by atomic mass is 9.99. The normalized spacial score (nSPS) is 13.7. The van der Waals surface area contributed by atoms with E-state index in [1.807, 2.05) is 13.8 Å². The van der Waals surface area contributed by atoms with E-state index in [0.717, 1.165) is 18.6 Å². The number of rotatable bonds is 5. The summed E-state index contributed by atoms with van der Waals surface area (Å²) in [5.41, 5.74) is 5.23. The Balaban J connectivity index is 2.81. The van der Waals surface area contributed by atoms with E-state index in [4.69, 9.17) is 5.73 Å². The highest BCUT2D eigenvalue weighted by atomic mass is 19.1. The standard InChI is InChI=1S/C12H16FN3O3/c1-3-7(2)11(14)12(17)15-8-4-5-10(16(18)19)9(13)6-8/h4-7,11H,3,14H2,1-2H3,(H,15,17). The molecule has 1 aromatic carbocycles. The summed E-state index contributed by atoms with van der Waals surface area (Å²) in [5, 5.41) is 12.9. The largest absolute Gasteiger partial charge is 0.325 e. The minimum atomic E-state index is -1.00. The molecule has 0 aliphatic heterocycles. The van der Waals surface area contributed by atoms with Crippen molar-refractivity contribution in [3.63, 3.8) is 0 Å². The lowest BCUT2D eigenvalue weighted by Gasteiger charge is -2.17. The Labute approximate surface area is 109 Å². The van der Waals surface area contributed by atoms with Gasteiger partial charge in [-0.1, -0.05) is 20.3 Å². The van der Waals surface area contributed by atoms with Gasteiger partial charge in [0.2, 0.25) is 11.7 Å². The Bertz CT molecular complexity index is 493. The summed E-state index contributed by atoms with van der Waals surface area (Å²) >= 11 is 0. The summed E-state index contributed by atoms with van der Waals surface area (Å²) in [6.45, 7) is 3.74. The van der Waals surface area contributed by atoms with Gasteiger partial charge in [0.15, 0.2) is 0 Å². The zero-order valence-electron chi connectivity index (χ0n) is 10.7. The fourth-order valence-corrected chi connectivity index (χ4v) is 1.47. The number of nitrogens with zero attached hydrogens (tertiary/aromatic N) is 1. The lowest BCUT2D eigenvalue weighted by molar-refractivity contribution is -0.387. The summed E-state index contributed by atoms with van der Waals surface area (Å²) in [4.78, 5) is 21.4. The van der Waals surface area contributed by atoms with E-state index in [0.29, 0.717) is 0 Å². The number of nitro benzene ring substituents is 1. The van der Waals surface area contributed by atoms with Crippen molar-refractivity contribution < 1.29 is 14.1 Å². The van der Waals surface area contributed by atoms with Crippen LogP contribution in [0.1, 0.15) is 20.3 Å². The molecule has 0 radical (unpaired) electrons. The molecule has 0 saturated heterocycles. The summed E-state index contributed by atoms with van der Waals surface area (Å²) in [7, 11) is 0. The van der Waals surface area contributed by atoms with Crippen molar-refractivity contribution in [2.75, 3.05) is 5.32 Å². The SMILES string of the molecule is CCC(C)C(N)C(=O)Nc1ccc([N+](=O)[O-])c(F)c1. The van der Waals surface area contributed by atoms with E-state index >= 15 is 0 Å².